The topological polar surface area (TPSA) is 73.8 Å². The van der Waals surface area contributed by atoms with Gasteiger partial charge in [0.05, 0.1) is 11.1 Å². The third-order valence-corrected chi connectivity index (χ3v) is 7.68. The number of hydrogen-bond acceptors (Lipinski definition) is 7. The van der Waals surface area contributed by atoms with Crippen LogP contribution in [0.3, 0.4) is 0 Å². The van der Waals surface area contributed by atoms with Crippen molar-refractivity contribution in [3.63, 3.8) is 0 Å². The Hall–Kier alpha value is -3.11. The SMILES string of the molecule is CN1CCC[C@H]1COc1nc(N2CC3CCC(C2)N3)c2cc(F)c(-c3c(O)cccc3F)c(F)c2n1. The molecule has 2 bridgehead atoms. The van der Waals surface area contributed by atoms with Crippen LogP contribution in [0.4, 0.5) is 19.0 Å². The number of likely N-dealkylation sites (tertiary alicyclic amines) is 1. The molecule has 2 N–H and O–H groups in total. The van der Waals surface area contributed by atoms with Gasteiger partial charge in [-0.25, -0.2) is 13.2 Å². The first-order valence-electron chi connectivity index (χ1n) is 12.4. The van der Waals surface area contributed by atoms with E-state index in [1.54, 1.807) is 0 Å². The highest BCUT2D eigenvalue weighted by molar-refractivity contribution is 5.94. The highest BCUT2D eigenvalue weighted by Gasteiger charge is 2.35. The van der Waals surface area contributed by atoms with Gasteiger partial charge in [0.15, 0.2) is 5.82 Å². The Kier molecular flexibility index (Phi) is 5.88. The lowest BCUT2D eigenvalue weighted by Crippen LogP contribution is -2.51. The average molecular weight is 500 g/mol. The Labute approximate surface area is 206 Å². The van der Waals surface area contributed by atoms with Gasteiger partial charge in [-0.2, -0.15) is 9.97 Å². The van der Waals surface area contributed by atoms with E-state index in [0.717, 1.165) is 44.4 Å². The second kappa shape index (κ2) is 9.08. The number of benzene rings is 2. The molecule has 190 valence electrons. The number of hydrogen-bond donors (Lipinski definition) is 2. The van der Waals surface area contributed by atoms with E-state index < -0.39 is 34.3 Å². The minimum atomic E-state index is -1.06. The van der Waals surface area contributed by atoms with Crippen LogP contribution in [0.5, 0.6) is 11.8 Å². The van der Waals surface area contributed by atoms with Crippen LogP contribution >= 0.6 is 0 Å². The number of anilines is 1. The van der Waals surface area contributed by atoms with Crippen molar-refractivity contribution in [3.05, 3.63) is 41.7 Å². The minimum Gasteiger partial charge on any atom is -0.507 e. The van der Waals surface area contributed by atoms with E-state index >= 15 is 8.78 Å². The summed E-state index contributed by atoms with van der Waals surface area (Å²) in [4.78, 5) is 13.2. The van der Waals surface area contributed by atoms with E-state index in [9.17, 15) is 9.50 Å². The number of nitrogens with one attached hydrogen (secondary N) is 1. The standard InChI is InChI=1S/C26H28F3N5O2/c1-33-9-3-4-16(33)13-36-26-31-24-17(25(32-26)34-11-14-7-8-15(12-34)30-14)10-19(28)22(23(24)29)21-18(27)5-2-6-20(21)35/h2,5-6,10,14-16,30,35H,3-4,7-9,11-13H2,1H3/t14?,15?,16-/m0/s1. The number of ether oxygens (including phenoxy) is 1. The summed E-state index contributed by atoms with van der Waals surface area (Å²) in [6.45, 7) is 2.61. The first-order chi connectivity index (χ1) is 17.4. The fraction of sp³-hybridized carbons (Fsp3) is 0.462. The average Bonchev–Trinajstić information content (AvgIpc) is 3.42. The van der Waals surface area contributed by atoms with Crippen molar-refractivity contribution < 1.29 is 23.0 Å². The smallest absolute Gasteiger partial charge is 0.319 e. The van der Waals surface area contributed by atoms with E-state index in [0.29, 0.717) is 25.5 Å². The van der Waals surface area contributed by atoms with E-state index in [-0.39, 0.29) is 35.0 Å². The molecule has 2 aromatic carbocycles. The van der Waals surface area contributed by atoms with Crippen LogP contribution in [0.15, 0.2) is 24.3 Å². The molecule has 0 aliphatic carbocycles. The number of nitrogens with zero attached hydrogens (tertiary/aromatic N) is 4. The number of aromatic hydroxyl groups is 1. The molecule has 1 aromatic heterocycles. The second-order valence-corrected chi connectivity index (χ2v) is 10.0. The maximum Gasteiger partial charge on any atom is 0.319 e. The van der Waals surface area contributed by atoms with Gasteiger partial charge < -0.3 is 25.0 Å². The summed E-state index contributed by atoms with van der Waals surface area (Å²) in [5, 5.41) is 14.0. The van der Waals surface area contributed by atoms with Crippen molar-refractivity contribution >= 4 is 16.7 Å². The zero-order chi connectivity index (χ0) is 25.0. The van der Waals surface area contributed by atoms with Gasteiger partial charge in [0.25, 0.3) is 0 Å². The first-order valence-corrected chi connectivity index (χ1v) is 12.4. The quantitative estimate of drug-likeness (QED) is 0.553. The molecule has 0 saturated carbocycles. The van der Waals surface area contributed by atoms with Gasteiger partial charge in [-0.15, -0.1) is 0 Å². The molecular weight excluding hydrogens is 471 g/mol. The van der Waals surface area contributed by atoms with Crippen LogP contribution < -0.4 is 15.0 Å². The van der Waals surface area contributed by atoms with Gasteiger partial charge in [-0.1, -0.05) is 6.07 Å². The lowest BCUT2D eigenvalue weighted by Gasteiger charge is -2.34. The van der Waals surface area contributed by atoms with E-state index in [2.05, 4.69) is 20.2 Å². The summed E-state index contributed by atoms with van der Waals surface area (Å²) >= 11 is 0. The summed E-state index contributed by atoms with van der Waals surface area (Å²) in [6, 6.07) is 5.39. The Morgan fingerprint density at radius 1 is 1.06 bits per heavy atom. The number of rotatable bonds is 5. The molecule has 7 nitrogen and oxygen atoms in total. The third-order valence-electron chi connectivity index (χ3n) is 7.68. The molecule has 3 saturated heterocycles. The maximum atomic E-state index is 16.0. The van der Waals surface area contributed by atoms with Crippen molar-refractivity contribution in [2.24, 2.45) is 0 Å². The summed E-state index contributed by atoms with van der Waals surface area (Å²) in [7, 11) is 2.03. The van der Waals surface area contributed by atoms with Gasteiger partial charge in [0, 0.05) is 36.6 Å². The molecular formula is C26H28F3N5O2. The number of halogens is 3. The number of piperazine rings is 1. The lowest BCUT2D eigenvalue weighted by atomic mass is 10.00. The minimum absolute atomic E-state index is 0.00195. The molecule has 36 heavy (non-hydrogen) atoms. The summed E-state index contributed by atoms with van der Waals surface area (Å²) in [6.07, 6.45) is 4.11. The molecule has 4 heterocycles. The molecule has 3 fully saturated rings. The summed E-state index contributed by atoms with van der Waals surface area (Å²) in [5.74, 6) is -3.14. The van der Waals surface area contributed by atoms with Gasteiger partial charge in [0.2, 0.25) is 0 Å². The van der Waals surface area contributed by atoms with Crippen LogP contribution in [0, 0.1) is 17.5 Å². The summed E-state index contributed by atoms with van der Waals surface area (Å²) < 4.78 is 51.9. The van der Waals surface area contributed by atoms with E-state index in [1.165, 1.54) is 12.1 Å². The van der Waals surface area contributed by atoms with Crippen LogP contribution in [0.2, 0.25) is 0 Å². The van der Waals surface area contributed by atoms with Crippen molar-refractivity contribution in [3.8, 4) is 22.9 Å². The molecule has 2 unspecified atom stereocenters. The van der Waals surface area contributed by atoms with Crippen LogP contribution in [0.25, 0.3) is 22.0 Å². The predicted octanol–water partition coefficient (Wildman–Crippen LogP) is 3.83. The highest BCUT2D eigenvalue weighted by Crippen LogP contribution is 2.40. The molecule has 0 radical (unpaired) electrons. The molecule has 3 aliphatic rings. The summed E-state index contributed by atoms with van der Waals surface area (Å²) in [5.41, 5.74) is -1.37. The van der Waals surface area contributed by atoms with E-state index in [4.69, 9.17) is 4.74 Å². The van der Waals surface area contributed by atoms with Gasteiger partial charge >= 0.3 is 6.01 Å². The molecule has 6 rings (SSSR count). The van der Waals surface area contributed by atoms with Gasteiger partial charge in [0.1, 0.15) is 35.3 Å². The van der Waals surface area contributed by atoms with Crippen LogP contribution in [0.1, 0.15) is 25.7 Å². The third kappa shape index (κ3) is 4.02. The maximum absolute atomic E-state index is 16.0. The van der Waals surface area contributed by atoms with E-state index in [1.807, 2.05) is 11.9 Å². The van der Waals surface area contributed by atoms with Crippen molar-refractivity contribution in [1.82, 2.24) is 20.2 Å². The molecule has 0 spiro atoms. The highest BCUT2D eigenvalue weighted by atomic mass is 19.1. The monoisotopic (exact) mass is 499 g/mol. The van der Waals surface area contributed by atoms with Crippen molar-refractivity contribution in [1.29, 1.82) is 0 Å². The Morgan fingerprint density at radius 2 is 1.83 bits per heavy atom. The lowest BCUT2D eigenvalue weighted by molar-refractivity contribution is 0.188. The molecule has 3 aliphatic heterocycles. The van der Waals surface area contributed by atoms with Crippen molar-refractivity contribution in [2.75, 3.05) is 38.2 Å². The molecule has 0 amide bonds. The second-order valence-electron chi connectivity index (χ2n) is 10.0. The van der Waals surface area contributed by atoms with Gasteiger partial charge in [-0.05, 0) is 57.5 Å². The molecule has 10 heteroatoms. The molecule has 3 aromatic rings. The fourth-order valence-corrected chi connectivity index (χ4v) is 5.79. The van der Waals surface area contributed by atoms with Crippen LogP contribution in [-0.2, 0) is 0 Å². The normalized spacial score (nSPS) is 24.1. The number of phenolic OH excluding ortho intramolecular Hbond substituents is 1. The largest absolute Gasteiger partial charge is 0.507 e. The first kappa shape index (κ1) is 23.3. The number of phenols is 1. The number of aromatic nitrogens is 2. The zero-order valence-electron chi connectivity index (χ0n) is 20.0. The zero-order valence-corrected chi connectivity index (χ0v) is 20.0. The number of likely N-dealkylation sites (N-methyl/N-ethyl adjacent to an activating group) is 1. The Balaban J connectivity index is 1.48. The fourth-order valence-electron chi connectivity index (χ4n) is 5.79. The van der Waals surface area contributed by atoms with Crippen molar-refractivity contribution in [2.45, 2.75) is 43.8 Å². The van der Waals surface area contributed by atoms with Crippen LogP contribution in [-0.4, -0.2) is 71.4 Å². The Bertz CT molecular complexity index is 1290. The van der Waals surface area contributed by atoms with Gasteiger partial charge in [-0.3, -0.25) is 0 Å². The predicted molar refractivity (Wildman–Crippen MR) is 130 cm³/mol. The number of fused-ring (bicyclic) bond motifs is 3. The Morgan fingerprint density at radius 3 is 2.53 bits per heavy atom. The molecule has 3 atom stereocenters.